The summed E-state index contributed by atoms with van der Waals surface area (Å²) in [7, 11) is 0. The first-order valence-electron chi connectivity index (χ1n) is 6.09. The molecule has 1 fully saturated rings. The molecular weight excluding hydrogens is 216 g/mol. The Hall–Kier alpha value is -1.71. The molecule has 90 valence electrons. The molecule has 0 bridgehead atoms. The van der Waals surface area contributed by atoms with E-state index < -0.39 is 6.09 Å². The van der Waals surface area contributed by atoms with E-state index in [0.29, 0.717) is 12.0 Å². The number of para-hydroxylation sites is 1. The van der Waals surface area contributed by atoms with Crippen LogP contribution in [0.3, 0.4) is 0 Å². The maximum Gasteiger partial charge on any atom is 0.404 e. The Labute approximate surface area is 100 Å². The van der Waals surface area contributed by atoms with Gasteiger partial charge in [0.05, 0.1) is 0 Å². The Morgan fingerprint density at radius 1 is 1.35 bits per heavy atom. The minimum absolute atomic E-state index is 0.0931. The number of hydrogen-bond donors (Lipinski definition) is 3. The van der Waals surface area contributed by atoms with E-state index in [4.69, 9.17) is 5.11 Å². The minimum atomic E-state index is -0.913. The molecule has 3 rings (SSSR count). The fraction of sp³-hybridized carbons (Fsp3) is 0.462. The van der Waals surface area contributed by atoms with E-state index in [1.165, 1.54) is 11.3 Å². The second kappa shape index (κ2) is 3.95. The Kier molecular flexibility index (Phi) is 2.42. The first-order chi connectivity index (χ1) is 8.24. The van der Waals surface area contributed by atoms with Crippen molar-refractivity contribution in [2.45, 2.75) is 37.3 Å². The molecule has 0 saturated heterocycles. The van der Waals surface area contributed by atoms with Crippen LogP contribution in [0.2, 0.25) is 0 Å². The molecule has 1 aromatic carbocycles. The predicted molar refractivity (Wildman–Crippen MR) is 65.4 cm³/mol. The highest BCUT2D eigenvalue weighted by atomic mass is 16.4. The minimum Gasteiger partial charge on any atom is -0.465 e. The third-order valence-electron chi connectivity index (χ3n) is 3.88. The van der Waals surface area contributed by atoms with Crippen LogP contribution in [0.15, 0.2) is 24.3 Å². The van der Waals surface area contributed by atoms with Crippen molar-refractivity contribution in [3.8, 4) is 0 Å². The van der Waals surface area contributed by atoms with Crippen LogP contribution in [0, 0.1) is 0 Å². The van der Waals surface area contributed by atoms with Gasteiger partial charge in [0.1, 0.15) is 0 Å². The third kappa shape index (κ3) is 1.84. The molecule has 1 aromatic rings. The van der Waals surface area contributed by atoms with Crippen LogP contribution in [-0.4, -0.2) is 23.3 Å². The number of amides is 1. The SMILES string of the molecule is O=C(O)NC1CCC2c3ccccc3NC2C1. The summed E-state index contributed by atoms with van der Waals surface area (Å²) in [6.45, 7) is 0. The van der Waals surface area contributed by atoms with Gasteiger partial charge in [0.2, 0.25) is 0 Å². The van der Waals surface area contributed by atoms with Crippen LogP contribution in [0.4, 0.5) is 10.5 Å². The zero-order chi connectivity index (χ0) is 11.8. The predicted octanol–water partition coefficient (Wildman–Crippen LogP) is 2.38. The fourth-order valence-electron chi connectivity index (χ4n) is 3.16. The fourth-order valence-corrected chi connectivity index (χ4v) is 3.16. The molecule has 17 heavy (non-hydrogen) atoms. The maximum absolute atomic E-state index is 10.6. The molecule has 2 aliphatic rings. The summed E-state index contributed by atoms with van der Waals surface area (Å²) >= 11 is 0. The molecule has 4 heteroatoms. The Morgan fingerprint density at radius 2 is 2.18 bits per heavy atom. The molecule has 1 aliphatic carbocycles. The molecule has 1 saturated carbocycles. The van der Waals surface area contributed by atoms with Crippen molar-refractivity contribution >= 4 is 11.8 Å². The molecular formula is C13H16N2O2. The molecule has 4 nitrogen and oxygen atoms in total. The molecule has 0 aromatic heterocycles. The molecule has 3 unspecified atom stereocenters. The van der Waals surface area contributed by atoms with Crippen LogP contribution in [0.5, 0.6) is 0 Å². The summed E-state index contributed by atoms with van der Waals surface area (Å²) < 4.78 is 0. The second-order valence-electron chi connectivity index (χ2n) is 4.90. The zero-order valence-electron chi connectivity index (χ0n) is 9.52. The van der Waals surface area contributed by atoms with Crippen LogP contribution in [0.25, 0.3) is 0 Å². The van der Waals surface area contributed by atoms with Crippen molar-refractivity contribution in [1.82, 2.24) is 5.32 Å². The van der Waals surface area contributed by atoms with Crippen molar-refractivity contribution in [1.29, 1.82) is 0 Å². The molecule has 1 heterocycles. The smallest absolute Gasteiger partial charge is 0.404 e. The highest BCUT2D eigenvalue weighted by Gasteiger charge is 2.37. The van der Waals surface area contributed by atoms with Gasteiger partial charge in [0.15, 0.2) is 0 Å². The lowest BCUT2D eigenvalue weighted by Gasteiger charge is -2.31. The summed E-state index contributed by atoms with van der Waals surface area (Å²) in [6, 6.07) is 8.87. The van der Waals surface area contributed by atoms with E-state index in [9.17, 15) is 4.79 Å². The third-order valence-corrected chi connectivity index (χ3v) is 3.88. The highest BCUT2D eigenvalue weighted by Crippen LogP contribution is 2.43. The lowest BCUT2D eigenvalue weighted by atomic mass is 9.80. The van der Waals surface area contributed by atoms with Gasteiger partial charge in [-0.1, -0.05) is 18.2 Å². The van der Waals surface area contributed by atoms with E-state index in [2.05, 4.69) is 28.8 Å². The summed E-state index contributed by atoms with van der Waals surface area (Å²) in [5.74, 6) is 0.554. The summed E-state index contributed by atoms with van der Waals surface area (Å²) in [6.07, 6.45) is 1.96. The van der Waals surface area contributed by atoms with Crippen LogP contribution in [-0.2, 0) is 0 Å². The van der Waals surface area contributed by atoms with Crippen LogP contribution in [0.1, 0.15) is 30.7 Å². The maximum atomic E-state index is 10.6. The topological polar surface area (TPSA) is 61.4 Å². The normalized spacial score (nSPS) is 30.0. The molecule has 0 radical (unpaired) electrons. The number of benzene rings is 1. The molecule has 0 spiro atoms. The number of carboxylic acid groups (broad SMARTS) is 1. The number of carbonyl (C=O) groups is 1. The van der Waals surface area contributed by atoms with Crippen molar-refractivity contribution < 1.29 is 9.90 Å². The number of hydrogen-bond acceptors (Lipinski definition) is 2. The zero-order valence-corrected chi connectivity index (χ0v) is 9.52. The first kappa shape index (κ1) is 10.4. The van der Waals surface area contributed by atoms with E-state index in [1.807, 2.05) is 6.07 Å². The quantitative estimate of drug-likeness (QED) is 0.696. The van der Waals surface area contributed by atoms with Gasteiger partial charge in [0.25, 0.3) is 0 Å². The second-order valence-corrected chi connectivity index (χ2v) is 4.90. The average Bonchev–Trinajstić information content (AvgIpc) is 2.65. The first-order valence-corrected chi connectivity index (χ1v) is 6.09. The van der Waals surface area contributed by atoms with Gasteiger partial charge in [-0.15, -0.1) is 0 Å². The largest absolute Gasteiger partial charge is 0.465 e. The number of fused-ring (bicyclic) bond motifs is 3. The Bertz CT molecular complexity index is 447. The van der Waals surface area contributed by atoms with Crippen molar-refractivity contribution in [3.63, 3.8) is 0 Å². The van der Waals surface area contributed by atoms with Gasteiger partial charge in [-0.2, -0.15) is 0 Å². The van der Waals surface area contributed by atoms with Gasteiger partial charge in [0, 0.05) is 23.7 Å². The molecule has 3 atom stereocenters. The summed E-state index contributed by atoms with van der Waals surface area (Å²) in [5, 5.41) is 14.9. The Balaban J connectivity index is 1.75. The Morgan fingerprint density at radius 3 is 3.00 bits per heavy atom. The molecule has 1 amide bonds. The van der Waals surface area contributed by atoms with Crippen molar-refractivity contribution in [2.24, 2.45) is 0 Å². The summed E-state index contributed by atoms with van der Waals surface area (Å²) in [4.78, 5) is 10.6. The van der Waals surface area contributed by atoms with E-state index in [0.717, 1.165) is 19.3 Å². The van der Waals surface area contributed by atoms with E-state index in [1.54, 1.807) is 0 Å². The van der Waals surface area contributed by atoms with E-state index >= 15 is 0 Å². The lowest BCUT2D eigenvalue weighted by molar-refractivity contribution is 0.184. The van der Waals surface area contributed by atoms with Crippen LogP contribution >= 0.6 is 0 Å². The lowest BCUT2D eigenvalue weighted by Crippen LogP contribution is -2.42. The van der Waals surface area contributed by atoms with E-state index in [-0.39, 0.29) is 6.04 Å². The van der Waals surface area contributed by atoms with Gasteiger partial charge in [-0.25, -0.2) is 4.79 Å². The number of rotatable bonds is 1. The van der Waals surface area contributed by atoms with Gasteiger partial charge in [-0.3, -0.25) is 0 Å². The van der Waals surface area contributed by atoms with Gasteiger partial charge < -0.3 is 15.7 Å². The molecule has 1 aliphatic heterocycles. The highest BCUT2D eigenvalue weighted by molar-refractivity contribution is 5.65. The van der Waals surface area contributed by atoms with Gasteiger partial charge in [-0.05, 0) is 30.9 Å². The number of nitrogens with one attached hydrogen (secondary N) is 2. The monoisotopic (exact) mass is 232 g/mol. The molecule has 3 N–H and O–H groups in total. The van der Waals surface area contributed by atoms with Crippen LogP contribution < -0.4 is 10.6 Å². The summed E-state index contributed by atoms with van der Waals surface area (Å²) in [5.41, 5.74) is 2.62. The number of anilines is 1. The average molecular weight is 232 g/mol. The standard InChI is InChI=1S/C13H16N2O2/c16-13(17)14-8-5-6-10-9-3-1-2-4-11(9)15-12(10)7-8/h1-4,8,10,12,14-15H,5-7H2,(H,16,17). The van der Waals surface area contributed by atoms with Gasteiger partial charge >= 0.3 is 6.09 Å². The van der Waals surface area contributed by atoms with Crippen molar-refractivity contribution in [3.05, 3.63) is 29.8 Å². The van der Waals surface area contributed by atoms with Crippen molar-refractivity contribution in [2.75, 3.05) is 5.32 Å².